The molecule has 0 N–H and O–H groups in total. The van der Waals surface area contributed by atoms with Gasteiger partial charge < -0.3 is 4.74 Å². The topological polar surface area (TPSA) is 26.3 Å². The summed E-state index contributed by atoms with van der Waals surface area (Å²) in [6.07, 6.45) is 0.371. The molecule has 0 saturated heterocycles. The molecule has 0 radical (unpaired) electrons. The molecular weight excluding hydrogens is 419 g/mol. The Hall–Kier alpha value is -0.880. The van der Waals surface area contributed by atoms with Gasteiger partial charge in [0.05, 0.1) is 12.7 Å². The van der Waals surface area contributed by atoms with Crippen molar-refractivity contribution in [2.75, 3.05) is 7.11 Å². The normalized spacial score (nSPS) is 10.3. The van der Waals surface area contributed by atoms with Crippen molar-refractivity contribution < 1.29 is 9.53 Å². The molecule has 0 fully saturated rings. The summed E-state index contributed by atoms with van der Waals surface area (Å²) < 4.78 is 7.25. The number of carbonyl (C=O) groups is 1. The molecule has 0 saturated carbocycles. The summed E-state index contributed by atoms with van der Waals surface area (Å²) in [4.78, 5) is 12.4. The van der Waals surface area contributed by atoms with Crippen LogP contribution in [0.3, 0.4) is 0 Å². The number of ether oxygens (including phenoxy) is 1. The van der Waals surface area contributed by atoms with Gasteiger partial charge in [-0.2, -0.15) is 0 Å². The average molecular weight is 431 g/mol. The van der Waals surface area contributed by atoms with E-state index in [0.717, 1.165) is 13.6 Å². The van der Waals surface area contributed by atoms with Crippen molar-refractivity contribution in [1.29, 1.82) is 0 Å². The molecule has 98 valence electrons. The summed E-state index contributed by atoms with van der Waals surface area (Å²) in [7, 11) is 1.58. The number of hydrogen-bond acceptors (Lipinski definition) is 2. The zero-order chi connectivity index (χ0) is 13.8. The van der Waals surface area contributed by atoms with Gasteiger partial charge >= 0.3 is 0 Å². The molecule has 2 aromatic carbocycles. The first-order valence-electron chi connectivity index (χ1n) is 5.71. The van der Waals surface area contributed by atoms with E-state index in [-0.39, 0.29) is 5.78 Å². The summed E-state index contributed by atoms with van der Waals surface area (Å²) in [6, 6.07) is 13.4. The number of methoxy groups -OCH3 is 1. The Morgan fingerprint density at radius 3 is 2.74 bits per heavy atom. The van der Waals surface area contributed by atoms with Crippen molar-refractivity contribution in [2.24, 2.45) is 0 Å². The molecular formula is C15H12BrIO2. The van der Waals surface area contributed by atoms with Gasteiger partial charge in [0.25, 0.3) is 0 Å². The number of carbonyl (C=O) groups excluding carboxylic acids is 1. The Kier molecular flexibility index (Phi) is 4.99. The number of rotatable bonds is 4. The van der Waals surface area contributed by atoms with Crippen molar-refractivity contribution in [3.05, 3.63) is 61.6 Å². The molecule has 0 aliphatic carbocycles. The lowest BCUT2D eigenvalue weighted by Gasteiger charge is -2.08. The van der Waals surface area contributed by atoms with E-state index in [1.807, 2.05) is 42.5 Å². The van der Waals surface area contributed by atoms with E-state index in [1.165, 1.54) is 0 Å². The first-order chi connectivity index (χ1) is 9.10. The minimum absolute atomic E-state index is 0.0634. The summed E-state index contributed by atoms with van der Waals surface area (Å²) in [6.45, 7) is 0. The van der Waals surface area contributed by atoms with Crippen molar-refractivity contribution in [3.8, 4) is 5.75 Å². The van der Waals surface area contributed by atoms with E-state index in [9.17, 15) is 4.79 Å². The predicted molar refractivity (Wildman–Crippen MR) is 87.9 cm³/mol. The van der Waals surface area contributed by atoms with Gasteiger partial charge in [-0.1, -0.05) is 28.1 Å². The molecule has 2 rings (SSSR count). The first kappa shape index (κ1) is 14.5. The van der Waals surface area contributed by atoms with Crippen LogP contribution in [0.1, 0.15) is 15.9 Å². The maximum atomic E-state index is 12.4. The summed E-state index contributed by atoms with van der Waals surface area (Å²) in [5.41, 5.74) is 1.62. The lowest BCUT2D eigenvalue weighted by atomic mass is 10.0. The van der Waals surface area contributed by atoms with Crippen LogP contribution in [0.25, 0.3) is 0 Å². The van der Waals surface area contributed by atoms with E-state index >= 15 is 0 Å². The van der Waals surface area contributed by atoms with E-state index in [2.05, 4.69) is 38.5 Å². The van der Waals surface area contributed by atoms with Crippen LogP contribution < -0.4 is 4.74 Å². The minimum atomic E-state index is 0.0634. The fraction of sp³-hybridized carbons (Fsp3) is 0.133. The Balaban J connectivity index is 2.27. The van der Waals surface area contributed by atoms with Crippen LogP contribution in [0, 0.1) is 3.57 Å². The molecule has 0 aromatic heterocycles. The third-order valence-electron chi connectivity index (χ3n) is 2.72. The second kappa shape index (κ2) is 6.52. The van der Waals surface area contributed by atoms with Crippen LogP contribution in [0.2, 0.25) is 0 Å². The van der Waals surface area contributed by atoms with Crippen molar-refractivity contribution in [2.45, 2.75) is 6.42 Å². The molecule has 0 heterocycles. The third kappa shape index (κ3) is 3.79. The van der Waals surface area contributed by atoms with Crippen molar-refractivity contribution in [3.63, 3.8) is 0 Å². The smallest absolute Gasteiger partial charge is 0.170 e. The molecule has 0 unspecified atom stereocenters. The van der Waals surface area contributed by atoms with E-state index in [0.29, 0.717) is 17.7 Å². The molecule has 0 bridgehead atoms. The van der Waals surface area contributed by atoms with Crippen molar-refractivity contribution in [1.82, 2.24) is 0 Å². The minimum Gasteiger partial charge on any atom is -0.496 e. The zero-order valence-corrected chi connectivity index (χ0v) is 14.1. The summed E-state index contributed by atoms with van der Waals surface area (Å²) in [5.74, 6) is 0.689. The van der Waals surface area contributed by atoms with Gasteiger partial charge in [-0.3, -0.25) is 4.79 Å². The number of hydrogen-bond donors (Lipinski definition) is 0. The van der Waals surface area contributed by atoms with Gasteiger partial charge in [0.2, 0.25) is 0 Å². The van der Waals surface area contributed by atoms with Crippen LogP contribution in [-0.4, -0.2) is 12.9 Å². The highest BCUT2D eigenvalue weighted by molar-refractivity contribution is 14.1. The zero-order valence-electron chi connectivity index (χ0n) is 10.3. The summed E-state index contributed by atoms with van der Waals surface area (Å²) >= 11 is 5.60. The van der Waals surface area contributed by atoms with Gasteiger partial charge in [0, 0.05) is 14.5 Å². The highest BCUT2D eigenvalue weighted by Crippen LogP contribution is 2.23. The number of halogens is 2. The molecule has 0 aliphatic rings. The van der Waals surface area contributed by atoms with Gasteiger partial charge in [-0.25, -0.2) is 0 Å². The molecule has 0 atom stereocenters. The van der Waals surface area contributed by atoms with Crippen LogP contribution in [-0.2, 0) is 6.42 Å². The number of ketones is 1. The van der Waals surface area contributed by atoms with Gasteiger partial charge in [-0.05, 0) is 58.5 Å². The monoisotopic (exact) mass is 430 g/mol. The Morgan fingerprint density at radius 2 is 2.05 bits per heavy atom. The Bertz CT molecular complexity index is 611. The molecule has 2 aromatic rings. The standard InChI is InChI=1S/C15H12BrIO2/c1-19-15-6-5-12(17)9-13(15)14(18)8-10-3-2-4-11(16)7-10/h2-7,9H,8H2,1H3. The lowest BCUT2D eigenvalue weighted by molar-refractivity contribution is 0.0990. The molecule has 0 amide bonds. The third-order valence-corrected chi connectivity index (χ3v) is 3.88. The van der Waals surface area contributed by atoms with Gasteiger partial charge in [-0.15, -0.1) is 0 Å². The number of Topliss-reactive ketones (excluding diaryl/α,β-unsaturated/α-hetero) is 1. The van der Waals surface area contributed by atoms with Crippen LogP contribution in [0.5, 0.6) is 5.75 Å². The Labute approximate surface area is 134 Å². The molecule has 4 heteroatoms. The van der Waals surface area contributed by atoms with E-state index < -0.39 is 0 Å². The van der Waals surface area contributed by atoms with Crippen molar-refractivity contribution >= 4 is 44.3 Å². The second-order valence-electron chi connectivity index (χ2n) is 4.07. The lowest BCUT2D eigenvalue weighted by Crippen LogP contribution is -2.06. The van der Waals surface area contributed by atoms with Crippen LogP contribution in [0.4, 0.5) is 0 Å². The van der Waals surface area contributed by atoms with Crippen LogP contribution >= 0.6 is 38.5 Å². The molecule has 0 aliphatic heterocycles. The predicted octanol–water partition coefficient (Wildman–Crippen LogP) is 4.49. The second-order valence-corrected chi connectivity index (χ2v) is 6.24. The maximum absolute atomic E-state index is 12.4. The Morgan fingerprint density at radius 1 is 1.26 bits per heavy atom. The largest absolute Gasteiger partial charge is 0.496 e. The molecule has 0 spiro atoms. The SMILES string of the molecule is COc1ccc(I)cc1C(=O)Cc1cccc(Br)c1. The fourth-order valence-corrected chi connectivity index (χ4v) is 2.76. The van der Waals surface area contributed by atoms with E-state index in [4.69, 9.17) is 4.74 Å². The van der Waals surface area contributed by atoms with E-state index in [1.54, 1.807) is 7.11 Å². The van der Waals surface area contributed by atoms with Crippen LogP contribution in [0.15, 0.2) is 46.9 Å². The maximum Gasteiger partial charge on any atom is 0.170 e. The molecule has 2 nitrogen and oxygen atoms in total. The van der Waals surface area contributed by atoms with Gasteiger partial charge in [0.15, 0.2) is 5.78 Å². The first-order valence-corrected chi connectivity index (χ1v) is 7.58. The fourth-order valence-electron chi connectivity index (χ4n) is 1.83. The average Bonchev–Trinajstić information content (AvgIpc) is 2.38. The molecule has 19 heavy (non-hydrogen) atoms. The quantitative estimate of drug-likeness (QED) is 0.527. The van der Waals surface area contributed by atoms with Gasteiger partial charge in [0.1, 0.15) is 5.75 Å². The highest BCUT2D eigenvalue weighted by atomic mass is 127. The summed E-state index contributed by atoms with van der Waals surface area (Å²) in [5, 5.41) is 0. The highest BCUT2D eigenvalue weighted by Gasteiger charge is 2.13. The number of benzene rings is 2.